The fourth-order valence-corrected chi connectivity index (χ4v) is 2.40. The third-order valence-electron chi connectivity index (χ3n) is 3.42. The minimum atomic E-state index is 0.262. The van der Waals surface area contributed by atoms with E-state index in [1.807, 2.05) is 18.7 Å². The smallest absolute Gasteiger partial charge is 0.236 e. The Kier molecular flexibility index (Phi) is 5.77. The van der Waals surface area contributed by atoms with Crippen LogP contribution in [0.1, 0.15) is 26.7 Å². The molecule has 1 unspecified atom stereocenters. The predicted molar refractivity (Wildman–Crippen MR) is 66.1 cm³/mol. The molecular weight excluding hydrogens is 202 g/mol. The quantitative estimate of drug-likeness (QED) is 0.720. The summed E-state index contributed by atoms with van der Waals surface area (Å²) in [5.41, 5.74) is 5.55. The lowest BCUT2D eigenvalue weighted by Gasteiger charge is -2.22. The van der Waals surface area contributed by atoms with E-state index >= 15 is 0 Å². The second kappa shape index (κ2) is 6.86. The van der Waals surface area contributed by atoms with Crippen LogP contribution < -0.4 is 5.73 Å². The highest BCUT2D eigenvalue weighted by Crippen LogP contribution is 2.18. The third-order valence-corrected chi connectivity index (χ3v) is 3.42. The topological polar surface area (TPSA) is 49.6 Å². The molecule has 0 aliphatic carbocycles. The number of amides is 1. The number of nitrogens with two attached hydrogens (primary N) is 1. The molecule has 1 aliphatic rings. The molecule has 0 aromatic heterocycles. The van der Waals surface area contributed by atoms with Crippen molar-refractivity contribution in [3.63, 3.8) is 0 Å². The van der Waals surface area contributed by atoms with Crippen LogP contribution in [0, 0.1) is 5.92 Å². The van der Waals surface area contributed by atoms with Gasteiger partial charge in [-0.3, -0.25) is 9.69 Å². The molecule has 1 saturated heterocycles. The lowest BCUT2D eigenvalue weighted by atomic mass is 10.1. The van der Waals surface area contributed by atoms with Gasteiger partial charge in [0.25, 0.3) is 0 Å². The monoisotopic (exact) mass is 227 g/mol. The zero-order valence-electron chi connectivity index (χ0n) is 10.6. The predicted octanol–water partition coefficient (Wildman–Crippen LogP) is 0.526. The molecule has 1 fully saturated rings. The zero-order chi connectivity index (χ0) is 12.0. The maximum absolute atomic E-state index is 11.9. The molecule has 0 radical (unpaired) electrons. The summed E-state index contributed by atoms with van der Waals surface area (Å²) >= 11 is 0. The summed E-state index contributed by atoms with van der Waals surface area (Å²) in [4.78, 5) is 16.0. The van der Waals surface area contributed by atoms with Crippen molar-refractivity contribution in [3.05, 3.63) is 0 Å². The number of likely N-dealkylation sites (tertiary alicyclic amines) is 1. The van der Waals surface area contributed by atoms with Crippen LogP contribution in [0.3, 0.4) is 0 Å². The molecule has 1 rings (SSSR count). The summed E-state index contributed by atoms with van der Waals surface area (Å²) in [5, 5.41) is 0. The van der Waals surface area contributed by atoms with E-state index in [1.165, 1.54) is 6.42 Å². The van der Waals surface area contributed by atoms with Crippen molar-refractivity contribution in [2.24, 2.45) is 11.7 Å². The standard InChI is InChI=1S/C12H25N3O/c1-3-15(4-2)12(16)10-14-8-6-11(9-14)5-7-13/h11H,3-10,13H2,1-2H3. The first-order valence-corrected chi connectivity index (χ1v) is 6.41. The second-order valence-electron chi connectivity index (χ2n) is 4.53. The van der Waals surface area contributed by atoms with Gasteiger partial charge in [-0.2, -0.15) is 0 Å². The molecule has 4 heteroatoms. The Balaban J connectivity index is 2.30. The fraction of sp³-hybridized carbons (Fsp3) is 0.917. The lowest BCUT2D eigenvalue weighted by molar-refractivity contribution is -0.131. The molecular formula is C12H25N3O. The van der Waals surface area contributed by atoms with Crippen LogP contribution in [0.5, 0.6) is 0 Å². The van der Waals surface area contributed by atoms with E-state index in [0.29, 0.717) is 12.5 Å². The van der Waals surface area contributed by atoms with Crippen molar-refractivity contribution in [2.45, 2.75) is 26.7 Å². The van der Waals surface area contributed by atoms with Gasteiger partial charge in [-0.05, 0) is 45.7 Å². The first-order valence-electron chi connectivity index (χ1n) is 6.41. The van der Waals surface area contributed by atoms with Gasteiger partial charge in [-0.15, -0.1) is 0 Å². The molecule has 0 aromatic rings. The van der Waals surface area contributed by atoms with Crippen LogP contribution in [-0.2, 0) is 4.79 Å². The number of hydrogen-bond acceptors (Lipinski definition) is 3. The van der Waals surface area contributed by atoms with Gasteiger partial charge in [0.05, 0.1) is 6.54 Å². The molecule has 1 atom stereocenters. The number of carbonyl (C=O) groups is 1. The van der Waals surface area contributed by atoms with Gasteiger partial charge in [0.2, 0.25) is 5.91 Å². The van der Waals surface area contributed by atoms with Gasteiger partial charge in [-0.1, -0.05) is 0 Å². The molecule has 1 amide bonds. The van der Waals surface area contributed by atoms with Crippen LogP contribution in [-0.4, -0.2) is 55.0 Å². The Hall–Kier alpha value is -0.610. The van der Waals surface area contributed by atoms with Crippen LogP contribution in [0.15, 0.2) is 0 Å². The fourth-order valence-electron chi connectivity index (χ4n) is 2.40. The van der Waals surface area contributed by atoms with Gasteiger partial charge in [0, 0.05) is 19.6 Å². The largest absolute Gasteiger partial charge is 0.342 e. The van der Waals surface area contributed by atoms with E-state index < -0.39 is 0 Å². The number of hydrogen-bond donors (Lipinski definition) is 1. The van der Waals surface area contributed by atoms with Crippen LogP contribution in [0.25, 0.3) is 0 Å². The molecule has 0 bridgehead atoms. The van der Waals surface area contributed by atoms with Crippen LogP contribution in [0.4, 0.5) is 0 Å². The van der Waals surface area contributed by atoms with Gasteiger partial charge in [0.15, 0.2) is 0 Å². The van der Waals surface area contributed by atoms with Crippen LogP contribution >= 0.6 is 0 Å². The Morgan fingerprint density at radius 2 is 2.12 bits per heavy atom. The summed E-state index contributed by atoms with van der Waals surface area (Å²) < 4.78 is 0. The van der Waals surface area contributed by atoms with E-state index in [-0.39, 0.29) is 5.91 Å². The average Bonchev–Trinajstić information content (AvgIpc) is 2.68. The van der Waals surface area contributed by atoms with Crippen molar-refractivity contribution >= 4 is 5.91 Å². The van der Waals surface area contributed by atoms with E-state index in [9.17, 15) is 4.79 Å². The van der Waals surface area contributed by atoms with Crippen molar-refractivity contribution in [2.75, 3.05) is 39.3 Å². The number of carbonyl (C=O) groups excluding carboxylic acids is 1. The average molecular weight is 227 g/mol. The maximum Gasteiger partial charge on any atom is 0.236 e. The summed E-state index contributed by atoms with van der Waals surface area (Å²) in [5.74, 6) is 0.966. The molecule has 0 spiro atoms. The maximum atomic E-state index is 11.9. The molecule has 2 N–H and O–H groups in total. The van der Waals surface area contributed by atoms with Crippen LogP contribution in [0.2, 0.25) is 0 Å². The molecule has 16 heavy (non-hydrogen) atoms. The van der Waals surface area contributed by atoms with Crippen molar-refractivity contribution in [1.82, 2.24) is 9.80 Å². The van der Waals surface area contributed by atoms with E-state index in [0.717, 1.165) is 39.1 Å². The van der Waals surface area contributed by atoms with E-state index in [1.54, 1.807) is 0 Å². The highest BCUT2D eigenvalue weighted by Gasteiger charge is 2.24. The second-order valence-corrected chi connectivity index (χ2v) is 4.53. The first kappa shape index (κ1) is 13.5. The summed E-state index contributed by atoms with van der Waals surface area (Å²) in [6, 6.07) is 0. The van der Waals surface area contributed by atoms with Crippen molar-refractivity contribution in [3.8, 4) is 0 Å². The number of likely N-dealkylation sites (N-methyl/N-ethyl adjacent to an activating group) is 1. The van der Waals surface area contributed by atoms with Crippen molar-refractivity contribution in [1.29, 1.82) is 0 Å². The molecule has 94 valence electrons. The third kappa shape index (κ3) is 3.76. The molecule has 0 aromatic carbocycles. The number of nitrogens with zero attached hydrogens (tertiary/aromatic N) is 2. The van der Waals surface area contributed by atoms with E-state index in [4.69, 9.17) is 5.73 Å². The minimum absolute atomic E-state index is 0.262. The summed E-state index contributed by atoms with van der Waals surface area (Å²) in [7, 11) is 0. The van der Waals surface area contributed by atoms with Crippen molar-refractivity contribution < 1.29 is 4.79 Å². The van der Waals surface area contributed by atoms with Gasteiger partial charge in [-0.25, -0.2) is 0 Å². The Morgan fingerprint density at radius 1 is 1.44 bits per heavy atom. The normalized spacial score (nSPS) is 21.3. The summed E-state index contributed by atoms with van der Waals surface area (Å²) in [6.45, 7) is 9.14. The highest BCUT2D eigenvalue weighted by molar-refractivity contribution is 5.78. The Labute approximate surface area is 98.8 Å². The van der Waals surface area contributed by atoms with Gasteiger partial charge < -0.3 is 10.6 Å². The Morgan fingerprint density at radius 3 is 2.69 bits per heavy atom. The van der Waals surface area contributed by atoms with Gasteiger partial charge in [0.1, 0.15) is 0 Å². The molecule has 1 aliphatic heterocycles. The summed E-state index contributed by atoms with van der Waals surface area (Å²) in [6.07, 6.45) is 2.29. The molecule has 4 nitrogen and oxygen atoms in total. The Bertz CT molecular complexity index is 216. The highest BCUT2D eigenvalue weighted by atomic mass is 16.2. The molecule has 0 saturated carbocycles. The first-order chi connectivity index (χ1) is 7.71. The lowest BCUT2D eigenvalue weighted by Crippen LogP contribution is -2.39. The zero-order valence-corrected chi connectivity index (χ0v) is 10.6. The number of rotatable bonds is 6. The minimum Gasteiger partial charge on any atom is -0.342 e. The molecule has 1 heterocycles. The van der Waals surface area contributed by atoms with E-state index in [2.05, 4.69) is 4.90 Å². The SMILES string of the molecule is CCN(CC)C(=O)CN1CCC(CCN)C1. The van der Waals surface area contributed by atoms with Gasteiger partial charge >= 0.3 is 0 Å².